The van der Waals surface area contributed by atoms with Crippen molar-refractivity contribution in [3.8, 4) is 0 Å². The zero-order valence-electron chi connectivity index (χ0n) is 13.3. The van der Waals surface area contributed by atoms with E-state index in [4.69, 9.17) is 23.2 Å². The van der Waals surface area contributed by atoms with Crippen LogP contribution in [0.25, 0.3) is 0 Å². The highest BCUT2D eigenvalue weighted by molar-refractivity contribution is 7.13. The maximum absolute atomic E-state index is 12.2. The number of rotatable bonds is 4. The fourth-order valence-electron chi connectivity index (χ4n) is 2.57. The summed E-state index contributed by atoms with van der Waals surface area (Å²) in [5.41, 5.74) is 1.64. The molecule has 1 N–H and O–H groups in total. The summed E-state index contributed by atoms with van der Waals surface area (Å²) in [6.45, 7) is 5.77. The van der Waals surface area contributed by atoms with Crippen molar-refractivity contribution >= 4 is 51.3 Å². The van der Waals surface area contributed by atoms with Gasteiger partial charge >= 0.3 is 0 Å². The van der Waals surface area contributed by atoms with Gasteiger partial charge in [-0.05, 0) is 25.1 Å². The number of benzene rings is 1. The van der Waals surface area contributed by atoms with Gasteiger partial charge in [0, 0.05) is 36.6 Å². The number of carbonyl (C=O) groups excluding carboxylic acids is 1. The molecule has 3 rings (SSSR count). The number of hydrogen-bond acceptors (Lipinski definition) is 5. The average Bonchev–Trinajstić information content (AvgIpc) is 2.97. The highest BCUT2D eigenvalue weighted by atomic mass is 35.5. The summed E-state index contributed by atoms with van der Waals surface area (Å²) in [6.07, 6.45) is 0. The van der Waals surface area contributed by atoms with Crippen molar-refractivity contribution in [1.29, 1.82) is 0 Å². The minimum atomic E-state index is -0.0715. The number of nitrogens with one attached hydrogen (secondary N) is 1. The molecule has 2 aromatic rings. The molecule has 1 saturated heterocycles. The lowest BCUT2D eigenvalue weighted by Crippen LogP contribution is -2.48. The molecule has 128 valence electrons. The summed E-state index contributed by atoms with van der Waals surface area (Å²) in [4.78, 5) is 21.1. The van der Waals surface area contributed by atoms with Gasteiger partial charge in [-0.15, -0.1) is 11.3 Å². The molecule has 1 aromatic carbocycles. The van der Waals surface area contributed by atoms with Gasteiger partial charge in [0.15, 0.2) is 5.13 Å². The number of aromatic nitrogens is 1. The first kappa shape index (κ1) is 17.5. The van der Waals surface area contributed by atoms with E-state index in [1.807, 2.05) is 6.92 Å². The standard InChI is InChI=1S/C16H18Cl2N4OS/c1-11-10-24-16(19-11)22-6-4-21(5-7-22)9-15(23)20-14-3-2-12(17)8-13(14)18/h2-3,8,10H,4-7,9H2,1H3,(H,20,23). The molecule has 0 unspecified atom stereocenters. The summed E-state index contributed by atoms with van der Waals surface area (Å²) in [6, 6.07) is 5.04. The van der Waals surface area contributed by atoms with Crippen molar-refractivity contribution in [1.82, 2.24) is 9.88 Å². The van der Waals surface area contributed by atoms with Crippen molar-refractivity contribution in [2.75, 3.05) is 42.9 Å². The fraction of sp³-hybridized carbons (Fsp3) is 0.375. The Labute approximate surface area is 155 Å². The van der Waals surface area contributed by atoms with E-state index in [0.717, 1.165) is 37.0 Å². The van der Waals surface area contributed by atoms with E-state index >= 15 is 0 Å². The maximum Gasteiger partial charge on any atom is 0.238 e. The predicted octanol–water partition coefficient (Wildman–Crippen LogP) is 3.52. The van der Waals surface area contributed by atoms with Crippen LogP contribution >= 0.6 is 34.5 Å². The van der Waals surface area contributed by atoms with Crippen LogP contribution in [0.1, 0.15) is 5.69 Å². The van der Waals surface area contributed by atoms with Crippen molar-refractivity contribution in [3.05, 3.63) is 39.3 Å². The van der Waals surface area contributed by atoms with Crippen molar-refractivity contribution in [2.45, 2.75) is 6.92 Å². The fourth-order valence-corrected chi connectivity index (χ4v) is 3.88. The Kier molecular flexibility index (Phi) is 5.61. The van der Waals surface area contributed by atoms with Crippen molar-refractivity contribution in [2.24, 2.45) is 0 Å². The van der Waals surface area contributed by atoms with Crippen molar-refractivity contribution < 1.29 is 4.79 Å². The minimum Gasteiger partial charge on any atom is -0.346 e. The van der Waals surface area contributed by atoms with Gasteiger partial charge in [-0.2, -0.15) is 0 Å². The molecule has 0 saturated carbocycles. The SMILES string of the molecule is Cc1csc(N2CCN(CC(=O)Nc3ccc(Cl)cc3Cl)CC2)n1. The van der Waals surface area contributed by atoms with Crippen LogP contribution in [0.15, 0.2) is 23.6 Å². The highest BCUT2D eigenvalue weighted by Gasteiger charge is 2.21. The van der Waals surface area contributed by atoms with E-state index in [9.17, 15) is 4.79 Å². The number of nitrogens with zero attached hydrogens (tertiary/aromatic N) is 3. The Balaban J connectivity index is 1.49. The van der Waals surface area contributed by atoms with Gasteiger partial charge in [0.1, 0.15) is 0 Å². The van der Waals surface area contributed by atoms with Crippen LogP contribution in [0.3, 0.4) is 0 Å². The smallest absolute Gasteiger partial charge is 0.238 e. The van der Waals surface area contributed by atoms with E-state index < -0.39 is 0 Å². The normalized spacial score (nSPS) is 15.5. The van der Waals surface area contributed by atoms with Crippen molar-refractivity contribution in [3.63, 3.8) is 0 Å². The molecule has 5 nitrogen and oxygen atoms in total. The topological polar surface area (TPSA) is 48.5 Å². The summed E-state index contributed by atoms with van der Waals surface area (Å²) in [7, 11) is 0. The van der Waals surface area contributed by atoms with Gasteiger partial charge in [-0.1, -0.05) is 23.2 Å². The average molecular weight is 385 g/mol. The molecule has 8 heteroatoms. The summed E-state index contributed by atoms with van der Waals surface area (Å²) >= 11 is 13.6. The number of piperazine rings is 1. The quantitative estimate of drug-likeness (QED) is 0.875. The minimum absolute atomic E-state index is 0.0715. The second-order valence-electron chi connectivity index (χ2n) is 5.71. The molecular weight excluding hydrogens is 367 g/mol. The first-order chi connectivity index (χ1) is 11.5. The van der Waals surface area contributed by atoms with E-state index in [-0.39, 0.29) is 5.91 Å². The monoisotopic (exact) mass is 384 g/mol. The van der Waals surface area contributed by atoms with Crippen LogP contribution in [-0.2, 0) is 4.79 Å². The zero-order chi connectivity index (χ0) is 17.1. The van der Waals surface area contributed by atoms with Gasteiger partial charge < -0.3 is 10.2 Å². The van der Waals surface area contributed by atoms with Crippen LogP contribution in [0.5, 0.6) is 0 Å². The number of aryl methyl sites for hydroxylation is 1. The third kappa shape index (κ3) is 4.39. The summed E-state index contributed by atoms with van der Waals surface area (Å²) in [5.74, 6) is -0.0715. The number of anilines is 2. The van der Waals surface area contributed by atoms with Crippen LogP contribution < -0.4 is 10.2 Å². The predicted molar refractivity (Wildman–Crippen MR) is 101 cm³/mol. The highest BCUT2D eigenvalue weighted by Crippen LogP contribution is 2.25. The molecule has 1 fully saturated rings. The molecule has 0 radical (unpaired) electrons. The molecule has 1 aromatic heterocycles. The van der Waals surface area contributed by atoms with Gasteiger partial charge in [0.05, 0.1) is 22.9 Å². The first-order valence-corrected chi connectivity index (χ1v) is 9.29. The Morgan fingerprint density at radius 2 is 2.04 bits per heavy atom. The van der Waals surface area contributed by atoms with Gasteiger partial charge in [0.2, 0.25) is 5.91 Å². The second kappa shape index (κ2) is 7.70. The molecule has 0 atom stereocenters. The number of carbonyl (C=O) groups is 1. The second-order valence-corrected chi connectivity index (χ2v) is 7.39. The molecule has 2 heterocycles. The molecule has 1 amide bonds. The lowest BCUT2D eigenvalue weighted by atomic mass is 10.3. The number of thiazole rings is 1. The molecule has 1 aliphatic rings. The number of amides is 1. The van der Waals surface area contributed by atoms with E-state index in [0.29, 0.717) is 22.3 Å². The number of halogens is 2. The summed E-state index contributed by atoms with van der Waals surface area (Å²) < 4.78 is 0. The Bertz CT molecular complexity index is 729. The first-order valence-electron chi connectivity index (χ1n) is 7.65. The van der Waals surface area contributed by atoms with Gasteiger partial charge in [-0.25, -0.2) is 4.98 Å². The number of hydrogen-bond donors (Lipinski definition) is 1. The summed E-state index contributed by atoms with van der Waals surface area (Å²) in [5, 5.41) is 6.95. The third-order valence-corrected chi connectivity index (χ3v) is 5.39. The molecular formula is C16H18Cl2N4OS. The van der Waals surface area contributed by atoms with Gasteiger partial charge in [0.25, 0.3) is 0 Å². The lowest BCUT2D eigenvalue weighted by molar-refractivity contribution is -0.117. The largest absolute Gasteiger partial charge is 0.346 e. The molecule has 24 heavy (non-hydrogen) atoms. The zero-order valence-corrected chi connectivity index (χ0v) is 15.6. The molecule has 1 aliphatic heterocycles. The van der Waals surface area contributed by atoms with Gasteiger partial charge in [-0.3, -0.25) is 9.69 Å². The van der Waals surface area contributed by atoms with E-state index in [2.05, 4.69) is 25.5 Å². The third-order valence-electron chi connectivity index (χ3n) is 3.82. The maximum atomic E-state index is 12.2. The Hall–Kier alpha value is -1.34. The Morgan fingerprint density at radius 1 is 1.29 bits per heavy atom. The van der Waals surface area contributed by atoms with E-state index in [1.54, 1.807) is 29.5 Å². The van der Waals surface area contributed by atoms with Crippen LogP contribution in [0.4, 0.5) is 10.8 Å². The van der Waals surface area contributed by atoms with Crippen LogP contribution in [0, 0.1) is 6.92 Å². The molecule has 0 aliphatic carbocycles. The Morgan fingerprint density at radius 3 is 2.67 bits per heavy atom. The molecule has 0 bridgehead atoms. The van der Waals surface area contributed by atoms with Crippen LogP contribution in [0.2, 0.25) is 10.0 Å². The lowest BCUT2D eigenvalue weighted by Gasteiger charge is -2.34. The van der Waals surface area contributed by atoms with E-state index in [1.165, 1.54) is 0 Å². The van der Waals surface area contributed by atoms with Crippen LogP contribution in [-0.4, -0.2) is 48.5 Å². The molecule has 0 spiro atoms.